The fourth-order valence-corrected chi connectivity index (χ4v) is 1.63. The average Bonchev–Trinajstić information content (AvgIpc) is 2.37. The summed E-state index contributed by atoms with van der Waals surface area (Å²) in [5.74, 6) is -1.89. The number of hydrogen-bond donors (Lipinski definition) is 0. The lowest BCUT2D eigenvalue weighted by molar-refractivity contribution is -0.275. The van der Waals surface area contributed by atoms with Crippen molar-refractivity contribution in [3.8, 4) is 11.5 Å². The molecule has 0 saturated heterocycles. The Morgan fingerprint density at radius 3 is 2.52 bits per heavy atom. The van der Waals surface area contributed by atoms with Crippen LogP contribution in [0.4, 0.5) is 17.6 Å². The number of esters is 1. The monoisotopic (exact) mass is 311 g/mol. The van der Waals surface area contributed by atoms with Gasteiger partial charge in [-0.2, -0.15) is 0 Å². The van der Waals surface area contributed by atoms with E-state index in [-0.39, 0.29) is 17.9 Å². The van der Waals surface area contributed by atoms with Gasteiger partial charge in [0.15, 0.2) is 11.5 Å². The van der Waals surface area contributed by atoms with Crippen LogP contribution in [0.5, 0.6) is 11.5 Å². The van der Waals surface area contributed by atoms with Crippen LogP contribution in [0.3, 0.4) is 0 Å². The van der Waals surface area contributed by atoms with Gasteiger partial charge in [-0.05, 0) is 6.92 Å². The van der Waals surface area contributed by atoms with E-state index in [0.29, 0.717) is 6.20 Å². The van der Waals surface area contributed by atoms with E-state index >= 15 is 0 Å². The van der Waals surface area contributed by atoms with Gasteiger partial charge in [-0.3, -0.25) is 9.78 Å². The normalized spacial score (nSPS) is 11.1. The van der Waals surface area contributed by atoms with Crippen molar-refractivity contribution in [2.75, 3.05) is 13.7 Å². The Labute approximate surface area is 117 Å². The largest absolute Gasteiger partial charge is 0.573 e. The van der Waals surface area contributed by atoms with E-state index in [1.54, 1.807) is 6.92 Å². The third-order valence-electron chi connectivity index (χ3n) is 2.37. The summed E-state index contributed by atoms with van der Waals surface area (Å²) < 4.78 is 63.0. The smallest absolute Gasteiger partial charge is 0.492 e. The number of aromatic nitrogens is 1. The molecule has 0 aliphatic rings. The minimum atomic E-state index is -4.96. The van der Waals surface area contributed by atoms with Gasteiger partial charge in [-0.1, -0.05) is 0 Å². The molecule has 0 unspecified atom stereocenters. The summed E-state index contributed by atoms with van der Waals surface area (Å²) in [7, 11) is 1.08. The lowest BCUT2D eigenvalue weighted by Crippen LogP contribution is -2.19. The summed E-state index contributed by atoms with van der Waals surface area (Å²) in [5, 5.41) is 0. The minimum absolute atomic E-state index is 0.0816. The molecule has 9 heteroatoms. The highest BCUT2D eigenvalue weighted by atomic mass is 19.4. The van der Waals surface area contributed by atoms with Gasteiger partial charge in [-0.15, -0.1) is 13.2 Å². The molecule has 5 nitrogen and oxygen atoms in total. The van der Waals surface area contributed by atoms with Gasteiger partial charge < -0.3 is 14.2 Å². The van der Waals surface area contributed by atoms with Crippen LogP contribution in [-0.2, 0) is 22.6 Å². The molecular formula is C12H13F4NO4. The van der Waals surface area contributed by atoms with Crippen molar-refractivity contribution in [2.24, 2.45) is 0 Å². The molecule has 1 heterocycles. The molecule has 0 aromatic carbocycles. The Kier molecular flexibility index (Phi) is 5.74. The number of ether oxygens (including phenoxy) is 3. The van der Waals surface area contributed by atoms with Crippen LogP contribution in [0.2, 0.25) is 0 Å². The van der Waals surface area contributed by atoms with E-state index < -0.39 is 36.9 Å². The first-order chi connectivity index (χ1) is 9.82. The van der Waals surface area contributed by atoms with E-state index in [4.69, 9.17) is 4.74 Å². The molecular weight excluding hydrogens is 298 g/mol. The second-order valence-electron chi connectivity index (χ2n) is 3.74. The van der Waals surface area contributed by atoms with Crippen LogP contribution in [0.15, 0.2) is 6.20 Å². The average molecular weight is 311 g/mol. The number of carbonyl (C=O) groups is 1. The first-order valence-electron chi connectivity index (χ1n) is 5.84. The molecule has 0 aliphatic heterocycles. The second-order valence-corrected chi connectivity index (χ2v) is 3.74. The molecule has 0 atom stereocenters. The maximum atomic E-state index is 12.9. The summed E-state index contributed by atoms with van der Waals surface area (Å²) in [5.41, 5.74) is -0.352. The van der Waals surface area contributed by atoms with E-state index in [9.17, 15) is 22.4 Å². The fourth-order valence-electron chi connectivity index (χ4n) is 1.63. The molecule has 0 aliphatic carbocycles. The predicted octanol–water partition coefficient (Wildman–Crippen LogP) is 2.56. The number of carbonyl (C=O) groups excluding carboxylic acids is 1. The lowest BCUT2D eigenvalue weighted by atomic mass is 10.1. The predicted molar refractivity (Wildman–Crippen MR) is 62.6 cm³/mol. The van der Waals surface area contributed by atoms with Crippen molar-refractivity contribution in [3.05, 3.63) is 17.5 Å². The second kappa shape index (κ2) is 7.09. The maximum absolute atomic E-state index is 12.9. The van der Waals surface area contributed by atoms with Crippen molar-refractivity contribution >= 4 is 5.97 Å². The maximum Gasteiger partial charge on any atom is 0.573 e. The van der Waals surface area contributed by atoms with Crippen LogP contribution in [0, 0.1) is 0 Å². The van der Waals surface area contributed by atoms with Crippen LogP contribution in [-0.4, -0.2) is 31.0 Å². The highest BCUT2D eigenvalue weighted by molar-refractivity contribution is 5.74. The van der Waals surface area contributed by atoms with E-state index in [1.165, 1.54) is 0 Å². The standard InChI is InChI=1S/C12H13F4NO4/c1-3-20-10(18)4-7-8(5-13)17-6-9(11(7)19-2)21-12(14,15)16/h6H,3-5H2,1-2H3. The number of alkyl halides is 4. The molecule has 0 spiro atoms. The molecule has 1 aromatic rings. The molecule has 118 valence electrons. The summed E-state index contributed by atoms with van der Waals surface area (Å²) in [6, 6.07) is 0. The van der Waals surface area contributed by atoms with E-state index in [1.807, 2.05) is 0 Å². The molecule has 0 fully saturated rings. The Hall–Kier alpha value is -2.06. The van der Waals surface area contributed by atoms with Crippen molar-refractivity contribution in [3.63, 3.8) is 0 Å². The van der Waals surface area contributed by atoms with E-state index in [0.717, 1.165) is 7.11 Å². The van der Waals surface area contributed by atoms with Gasteiger partial charge in [0.1, 0.15) is 6.67 Å². The Morgan fingerprint density at radius 2 is 2.05 bits per heavy atom. The zero-order chi connectivity index (χ0) is 16.0. The van der Waals surface area contributed by atoms with Crippen molar-refractivity contribution < 1.29 is 36.6 Å². The van der Waals surface area contributed by atoms with Gasteiger partial charge in [0.25, 0.3) is 0 Å². The van der Waals surface area contributed by atoms with Gasteiger partial charge in [0.05, 0.1) is 32.0 Å². The molecule has 0 bridgehead atoms. The van der Waals surface area contributed by atoms with Gasteiger partial charge in [-0.25, -0.2) is 4.39 Å². The molecule has 21 heavy (non-hydrogen) atoms. The van der Waals surface area contributed by atoms with Gasteiger partial charge >= 0.3 is 12.3 Å². The lowest BCUT2D eigenvalue weighted by Gasteiger charge is -2.16. The first-order valence-corrected chi connectivity index (χ1v) is 5.84. The summed E-state index contributed by atoms with van der Waals surface area (Å²) >= 11 is 0. The zero-order valence-electron chi connectivity index (χ0n) is 11.3. The van der Waals surface area contributed by atoms with Gasteiger partial charge in [0, 0.05) is 5.56 Å². The SMILES string of the molecule is CCOC(=O)Cc1c(CF)ncc(OC(F)(F)F)c1OC. The number of hydrogen-bond acceptors (Lipinski definition) is 5. The molecule has 0 radical (unpaired) electrons. The summed E-state index contributed by atoms with van der Waals surface area (Å²) in [4.78, 5) is 15.0. The number of nitrogens with zero attached hydrogens (tertiary/aromatic N) is 1. The van der Waals surface area contributed by atoms with Crippen LogP contribution < -0.4 is 9.47 Å². The first kappa shape index (κ1) is 17.0. The van der Waals surface area contributed by atoms with Gasteiger partial charge in [0.2, 0.25) is 0 Å². The summed E-state index contributed by atoms with van der Waals surface area (Å²) in [6.07, 6.45) is -4.75. The van der Waals surface area contributed by atoms with Crippen molar-refractivity contribution in [2.45, 2.75) is 26.4 Å². The Bertz CT molecular complexity index is 505. The van der Waals surface area contributed by atoms with Crippen molar-refractivity contribution in [1.82, 2.24) is 4.98 Å². The fraction of sp³-hybridized carbons (Fsp3) is 0.500. The van der Waals surface area contributed by atoms with Crippen LogP contribution >= 0.6 is 0 Å². The molecule has 0 amide bonds. The molecule has 0 N–H and O–H groups in total. The number of rotatable bonds is 6. The number of methoxy groups -OCH3 is 1. The van der Waals surface area contributed by atoms with Crippen LogP contribution in [0.1, 0.15) is 18.2 Å². The van der Waals surface area contributed by atoms with E-state index in [2.05, 4.69) is 14.5 Å². The summed E-state index contributed by atoms with van der Waals surface area (Å²) in [6.45, 7) is 0.572. The molecule has 1 rings (SSSR count). The third kappa shape index (κ3) is 4.76. The highest BCUT2D eigenvalue weighted by Crippen LogP contribution is 2.36. The zero-order valence-corrected chi connectivity index (χ0v) is 11.3. The highest BCUT2D eigenvalue weighted by Gasteiger charge is 2.34. The molecule has 0 saturated carbocycles. The minimum Gasteiger partial charge on any atom is -0.492 e. The Morgan fingerprint density at radius 1 is 1.38 bits per heavy atom. The quantitative estimate of drug-likeness (QED) is 0.597. The van der Waals surface area contributed by atoms with Crippen molar-refractivity contribution in [1.29, 1.82) is 0 Å². The topological polar surface area (TPSA) is 57.7 Å². The van der Waals surface area contributed by atoms with Crippen LogP contribution in [0.25, 0.3) is 0 Å². The number of halogens is 4. The number of pyridine rings is 1. The third-order valence-corrected chi connectivity index (χ3v) is 2.37. The Balaban J connectivity index is 3.23. The molecule has 1 aromatic heterocycles.